The minimum Gasteiger partial charge on any atom is -0.369 e. The molecule has 0 spiro atoms. The third-order valence-electron chi connectivity index (χ3n) is 3.59. The van der Waals surface area contributed by atoms with Crippen molar-refractivity contribution in [3.8, 4) is 0 Å². The molecule has 2 atom stereocenters. The smallest absolute Gasteiger partial charge is 0.100 e. The van der Waals surface area contributed by atoms with Gasteiger partial charge in [-0.2, -0.15) is 0 Å². The van der Waals surface area contributed by atoms with Gasteiger partial charge in [0.25, 0.3) is 0 Å². The van der Waals surface area contributed by atoms with Crippen molar-refractivity contribution in [3.63, 3.8) is 0 Å². The lowest BCUT2D eigenvalue weighted by Gasteiger charge is -2.18. The first kappa shape index (κ1) is 18.7. The lowest BCUT2D eigenvalue weighted by atomic mass is 10.0. The second kappa shape index (κ2) is 11.2. The number of rotatable bonds is 12. The molecule has 1 aromatic carbocycles. The molecular weight excluding hydrogens is 272 g/mol. The molecule has 0 fully saturated rings. The van der Waals surface area contributed by atoms with Gasteiger partial charge >= 0.3 is 0 Å². The fourth-order valence-corrected chi connectivity index (χ4v) is 2.22. The Kier molecular flexibility index (Phi) is 9.52. The van der Waals surface area contributed by atoms with Crippen LogP contribution in [0.15, 0.2) is 49.6 Å². The molecule has 2 heteroatoms. The molecular formula is C20H30O2. The van der Waals surface area contributed by atoms with Gasteiger partial charge in [-0.25, -0.2) is 0 Å². The van der Waals surface area contributed by atoms with Crippen LogP contribution < -0.4 is 0 Å². The van der Waals surface area contributed by atoms with E-state index in [0.717, 1.165) is 50.0 Å². The molecule has 0 bridgehead atoms. The molecule has 1 aromatic rings. The van der Waals surface area contributed by atoms with E-state index in [-0.39, 0.29) is 12.2 Å². The molecule has 0 aliphatic heterocycles. The van der Waals surface area contributed by atoms with Crippen LogP contribution >= 0.6 is 0 Å². The van der Waals surface area contributed by atoms with Crippen LogP contribution in [-0.4, -0.2) is 13.2 Å². The molecule has 0 aromatic heterocycles. The number of benzene rings is 1. The van der Waals surface area contributed by atoms with Crippen molar-refractivity contribution in [2.45, 2.75) is 51.7 Å². The van der Waals surface area contributed by atoms with Crippen molar-refractivity contribution >= 4 is 0 Å². The Morgan fingerprint density at radius 3 is 1.73 bits per heavy atom. The second-order valence-corrected chi connectivity index (χ2v) is 5.43. The Balaban J connectivity index is 2.77. The van der Waals surface area contributed by atoms with E-state index in [1.165, 1.54) is 0 Å². The van der Waals surface area contributed by atoms with Crippen LogP contribution in [0, 0.1) is 0 Å². The number of hydrogen-bond acceptors (Lipinski definition) is 2. The van der Waals surface area contributed by atoms with Crippen LogP contribution in [0.25, 0.3) is 0 Å². The minimum absolute atomic E-state index is 0.0624. The molecule has 0 saturated carbocycles. The molecule has 1 rings (SSSR count). The summed E-state index contributed by atoms with van der Waals surface area (Å²) in [5.41, 5.74) is 2.24. The van der Waals surface area contributed by atoms with Gasteiger partial charge in [0.15, 0.2) is 0 Å². The highest BCUT2D eigenvalue weighted by atomic mass is 16.5. The summed E-state index contributed by atoms with van der Waals surface area (Å²) >= 11 is 0. The Hall–Kier alpha value is -1.38. The van der Waals surface area contributed by atoms with Gasteiger partial charge in [0.05, 0.1) is 0 Å². The van der Waals surface area contributed by atoms with Crippen LogP contribution in [0.3, 0.4) is 0 Å². The number of ether oxygens (including phenoxy) is 2. The molecule has 122 valence electrons. The highest BCUT2D eigenvalue weighted by Gasteiger charge is 2.12. The van der Waals surface area contributed by atoms with Crippen molar-refractivity contribution in [2.24, 2.45) is 0 Å². The Morgan fingerprint density at radius 2 is 1.36 bits per heavy atom. The summed E-state index contributed by atoms with van der Waals surface area (Å²) in [5.74, 6) is 0. The van der Waals surface area contributed by atoms with Crippen molar-refractivity contribution < 1.29 is 9.47 Å². The fraction of sp³-hybridized carbons (Fsp3) is 0.500. The second-order valence-electron chi connectivity index (χ2n) is 5.43. The van der Waals surface area contributed by atoms with Gasteiger partial charge in [-0.05, 0) is 30.0 Å². The van der Waals surface area contributed by atoms with Crippen molar-refractivity contribution in [1.82, 2.24) is 0 Å². The normalized spacial score (nSPS) is 13.5. The van der Waals surface area contributed by atoms with Crippen molar-refractivity contribution in [1.29, 1.82) is 0 Å². The van der Waals surface area contributed by atoms with Gasteiger partial charge in [0.1, 0.15) is 12.2 Å². The fourth-order valence-electron chi connectivity index (χ4n) is 2.22. The van der Waals surface area contributed by atoms with Crippen LogP contribution in [0.5, 0.6) is 0 Å². The van der Waals surface area contributed by atoms with Gasteiger partial charge in [0, 0.05) is 13.2 Å². The molecule has 0 amide bonds. The zero-order valence-corrected chi connectivity index (χ0v) is 14.1. The van der Waals surface area contributed by atoms with Gasteiger partial charge in [-0.3, -0.25) is 0 Å². The lowest BCUT2D eigenvalue weighted by Crippen LogP contribution is -2.06. The first-order valence-corrected chi connectivity index (χ1v) is 8.34. The third-order valence-corrected chi connectivity index (χ3v) is 3.59. The van der Waals surface area contributed by atoms with Gasteiger partial charge in [-0.15, -0.1) is 13.2 Å². The molecule has 2 nitrogen and oxygen atoms in total. The van der Waals surface area contributed by atoms with Gasteiger partial charge in [-0.1, -0.05) is 57.0 Å². The highest BCUT2D eigenvalue weighted by molar-refractivity contribution is 5.30. The van der Waals surface area contributed by atoms with Crippen LogP contribution in [0.2, 0.25) is 0 Å². The van der Waals surface area contributed by atoms with E-state index in [1.54, 1.807) is 0 Å². The zero-order chi connectivity index (χ0) is 16.2. The van der Waals surface area contributed by atoms with Crippen molar-refractivity contribution in [2.75, 3.05) is 13.2 Å². The zero-order valence-electron chi connectivity index (χ0n) is 14.1. The maximum Gasteiger partial charge on any atom is 0.100 e. The molecule has 0 radical (unpaired) electrons. The molecule has 2 unspecified atom stereocenters. The van der Waals surface area contributed by atoms with E-state index in [1.807, 2.05) is 18.2 Å². The molecule has 0 aliphatic rings. The first-order chi connectivity index (χ1) is 10.8. The lowest BCUT2D eigenvalue weighted by molar-refractivity contribution is 0.0790. The minimum atomic E-state index is -0.0624. The predicted molar refractivity (Wildman–Crippen MR) is 94.0 cm³/mol. The van der Waals surface area contributed by atoms with Gasteiger partial charge < -0.3 is 9.47 Å². The summed E-state index contributed by atoms with van der Waals surface area (Å²) in [4.78, 5) is 0. The average Bonchev–Trinajstić information content (AvgIpc) is 2.56. The van der Waals surface area contributed by atoms with E-state index in [4.69, 9.17) is 9.47 Å². The molecule has 22 heavy (non-hydrogen) atoms. The van der Waals surface area contributed by atoms with Crippen molar-refractivity contribution in [3.05, 3.63) is 60.7 Å². The average molecular weight is 302 g/mol. The number of hydrogen-bond donors (Lipinski definition) is 0. The Bertz CT molecular complexity index is 402. The van der Waals surface area contributed by atoms with Gasteiger partial charge in [0.2, 0.25) is 0 Å². The van der Waals surface area contributed by atoms with E-state index in [0.29, 0.717) is 0 Å². The summed E-state index contributed by atoms with van der Waals surface area (Å²) < 4.78 is 11.8. The summed E-state index contributed by atoms with van der Waals surface area (Å²) in [7, 11) is 0. The SMILES string of the molecule is C=CC(OCCCC)c1cccc(C(C=C)OCCCC)c1. The Labute approximate surface area is 135 Å². The summed E-state index contributed by atoms with van der Waals surface area (Å²) in [5, 5.41) is 0. The first-order valence-electron chi connectivity index (χ1n) is 8.34. The monoisotopic (exact) mass is 302 g/mol. The molecule has 0 saturated heterocycles. The predicted octanol–water partition coefficient (Wildman–Crippen LogP) is 5.77. The van der Waals surface area contributed by atoms with E-state index in [2.05, 4.69) is 45.2 Å². The molecule has 0 heterocycles. The van der Waals surface area contributed by atoms with Crippen LogP contribution in [-0.2, 0) is 9.47 Å². The standard InChI is InChI=1S/C20H30O2/c1-5-9-14-21-19(7-3)17-12-11-13-18(16-17)20(8-4)22-15-10-6-2/h7-8,11-13,16,19-20H,3-6,9-10,14-15H2,1-2H3. The summed E-state index contributed by atoms with van der Waals surface area (Å²) in [6, 6.07) is 8.34. The maximum atomic E-state index is 5.90. The van der Waals surface area contributed by atoms with Crippen LogP contribution in [0.4, 0.5) is 0 Å². The quantitative estimate of drug-likeness (QED) is 0.360. The van der Waals surface area contributed by atoms with E-state index < -0.39 is 0 Å². The molecule has 0 aliphatic carbocycles. The summed E-state index contributed by atoms with van der Waals surface area (Å²) in [6.45, 7) is 13.6. The Morgan fingerprint density at radius 1 is 0.909 bits per heavy atom. The number of unbranched alkanes of at least 4 members (excludes halogenated alkanes) is 2. The highest BCUT2D eigenvalue weighted by Crippen LogP contribution is 2.25. The summed E-state index contributed by atoms with van der Waals surface area (Å²) in [6.07, 6.45) is 7.99. The third kappa shape index (κ3) is 6.17. The van der Waals surface area contributed by atoms with E-state index in [9.17, 15) is 0 Å². The molecule has 0 N–H and O–H groups in total. The van der Waals surface area contributed by atoms with E-state index >= 15 is 0 Å². The topological polar surface area (TPSA) is 18.5 Å². The largest absolute Gasteiger partial charge is 0.369 e. The van der Waals surface area contributed by atoms with Crippen LogP contribution in [0.1, 0.15) is 62.9 Å². The maximum absolute atomic E-state index is 5.90.